The minimum absolute atomic E-state index is 0.0747. The molecule has 0 bridgehead atoms. The second-order valence-electron chi connectivity index (χ2n) is 4.91. The van der Waals surface area contributed by atoms with Gasteiger partial charge in [-0.1, -0.05) is 23.8 Å². The van der Waals surface area contributed by atoms with Gasteiger partial charge in [0.2, 0.25) is 5.96 Å². The van der Waals surface area contributed by atoms with Crippen LogP contribution < -0.4 is 4.72 Å². The Morgan fingerprint density at radius 2 is 2.10 bits per heavy atom. The quantitative estimate of drug-likeness (QED) is 0.856. The Morgan fingerprint density at radius 3 is 2.70 bits per heavy atom. The summed E-state index contributed by atoms with van der Waals surface area (Å²) in [6.07, 6.45) is 1.73. The number of guanidine groups is 1. The van der Waals surface area contributed by atoms with Crippen LogP contribution >= 0.6 is 0 Å². The summed E-state index contributed by atoms with van der Waals surface area (Å²) in [6.45, 7) is 8.80. The Balaban J connectivity index is 2.21. The largest absolute Gasteiger partial charge is 0.336 e. The highest BCUT2D eigenvalue weighted by Crippen LogP contribution is 2.13. The van der Waals surface area contributed by atoms with Crippen LogP contribution in [-0.4, -0.2) is 38.4 Å². The fourth-order valence-electron chi connectivity index (χ4n) is 2.04. The molecular formula is C14H19N3O2S. The zero-order valence-electron chi connectivity index (χ0n) is 11.7. The van der Waals surface area contributed by atoms with E-state index in [2.05, 4.69) is 16.3 Å². The molecule has 5 nitrogen and oxygen atoms in total. The van der Waals surface area contributed by atoms with Gasteiger partial charge in [-0.05, 0) is 26.0 Å². The van der Waals surface area contributed by atoms with E-state index in [9.17, 15) is 8.42 Å². The van der Waals surface area contributed by atoms with Gasteiger partial charge >= 0.3 is 0 Å². The average Bonchev–Trinajstić information content (AvgIpc) is 2.70. The van der Waals surface area contributed by atoms with Crippen molar-refractivity contribution in [1.82, 2.24) is 9.62 Å². The molecule has 1 aliphatic rings. The number of aryl methyl sites for hydroxylation is 1. The van der Waals surface area contributed by atoms with E-state index in [1.807, 2.05) is 18.7 Å². The van der Waals surface area contributed by atoms with Gasteiger partial charge < -0.3 is 4.90 Å². The molecule has 0 fully saturated rings. The summed E-state index contributed by atoms with van der Waals surface area (Å²) >= 11 is 0. The standard InChI is InChI=1S/C14H19N3O2S/c1-4-9-17-10-12(3)15-14(17)16-20(18,19)13-7-5-11(2)6-8-13/h4-8,12H,1,9-10H2,2-3H3,(H,15,16). The maximum absolute atomic E-state index is 12.3. The van der Waals surface area contributed by atoms with Crippen LogP contribution in [0.2, 0.25) is 0 Å². The van der Waals surface area contributed by atoms with Crippen LogP contribution in [-0.2, 0) is 10.0 Å². The van der Waals surface area contributed by atoms with Crippen molar-refractivity contribution in [3.05, 3.63) is 42.5 Å². The molecule has 0 aromatic heterocycles. The maximum Gasteiger partial charge on any atom is 0.264 e. The van der Waals surface area contributed by atoms with Crippen LogP contribution in [0.3, 0.4) is 0 Å². The number of hydrogen-bond donors (Lipinski definition) is 1. The number of benzene rings is 1. The zero-order chi connectivity index (χ0) is 14.8. The first-order chi connectivity index (χ1) is 9.42. The lowest BCUT2D eigenvalue weighted by atomic mass is 10.2. The van der Waals surface area contributed by atoms with Gasteiger partial charge in [-0.25, -0.2) is 18.1 Å². The first-order valence-electron chi connectivity index (χ1n) is 6.45. The highest BCUT2D eigenvalue weighted by Gasteiger charge is 2.25. The fraction of sp³-hybridized carbons (Fsp3) is 0.357. The topological polar surface area (TPSA) is 61.8 Å². The minimum atomic E-state index is -3.59. The van der Waals surface area contributed by atoms with E-state index < -0.39 is 10.0 Å². The molecule has 1 N–H and O–H groups in total. The highest BCUT2D eigenvalue weighted by atomic mass is 32.2. The normalized spacial score (nSPS) is 18.8. The molecule has 1 aromatic carbocycles. The lowest BCUT2D eigenvalue weighted by Crippen LogP contribution is -2.41. The summed E-state index contributed by atoms with van der Waals surface area (Å²) < 4.78 is 27.2. The molecule has 1 aliphatic heterocycles. The van der Waals surface area contributed by atoms with Gasteiger partial charge in [-0.3, -0.25) is 0 Å². The van der Waals surface area contributed by atoms with Crippen LogP contribution in [0.15, 0.2) is 46.8 Å². The molecule has 0 saturated heterocycles. The Bertz CT molecular complexity index is 620. The Labute approximate surface area is 120 Å². The molecule has 1 unspecified atom stereocenters. The van der Waals surface area contributed by atoms with Crippen molar-refractivity contribution in [1.29, 1.82) is 0 Å². The van der Waals surface area contributed by atoms with E-state index in [1.54, 1.807) is 30.3 Å². The average molecular weight is 293 g/mol. The summed E-state index contributed by atoms with van der Waals surface area (Å²) in [5.74, 6) is 0.387. The van der Waals surface area contributed by atoms with Crippen LogP contribution in [0.1, 0.15) is 12.5 Å². The molecule has 20 heavy (non-hydrogen) atoms. The lowest BCUT2D eigenvalue weighted by molar-refractivity contribution is 0.465. The fourth-order valence-corrected chi connectivity index (χ4v) is 3.08. The number of rotatable bonds is 4. The van der Waals surface area contributed by atoms with Crippen LogP contribution in [0.25, 0.3) is 0 Å². The lowest BCUT2D eigenvalue weighted by Gasteiger charge is -2.19. The number of nitrogens with zero attached hydrogens (tertiary/aromatic N) is 2. The number of sulfonamides is 1. The zero-order valence-corrected chi connectivity index (χ0v) is 12.5. The Morgan fingerprint density at radius 1 is 1.45 bits per heavy atom. The van der Waals surface area contributed by atoms with E-state index in [0.29, 0.717) is 19.0 Å². The summed E-state index contributed by atoms with van der Waals surface area (Å²) in [4.78, 5) is 6.43. The molecule has 1 heterocycles. The maximum atomic E-state index is 12.3. The van der Waals surface area contributed by atoms with Crippen LogP contribution in [0, 0.1) is 6.92 Å². The first-order valence-corrected chi connectivity index (χ1v) is 7.94. The van der Waals surface area contributed by atoms with Crippen molar-refractivity contribution in [3.63, 3.8) is 0 Å². The number of aliphatic imine (C=N–C) groups is 1. The molecular weight excluding hydrogens is 274 g/mol. The van der Waals surface area contributed by atoms with Gasteiger partial charge in [-0.15, -0.1) is 6.58 Å². The van der Waals surface area contributed by atoms with Crippen LogP contribution in [0.5, 0.6) is 0 Å². The SMILES string of the molecule is C=CCN1CC(C)N=C1NS(=O)(=O)c1ccc(C)cc1. The van der Waals surface area contributed by atoms with E-state index in [4.69, 9.17) is 0 Å². The predicted octanol–water partition coefficient (Wildman–Crippen LogP) is 1.52. The molecule has 0 radical (unpaired) electrons. The summed E-state index contributed by atoms with van der Waals surface area (Å²) in [5.41, 5.74) is 1.02. The predicted molar refractivity (Wildman–Crippen MR) is 80.2 cm³/mol. The highest BCUT2D eigenvalue weighted by molar-refractivity contribution is 7.90. The van der Waals surface area contributed by atoms with Crippen molar-refractivity contribution >= 4 is 16.0 Å². The third kappa shape index (κ3) is 3.19. The van der Waals surface area contributed by atoms with E-state index in [0.717, 1.165) is 5.56 Å². The molecule has 0 aliphatic carbocycles. The minimum Gasteiger partial charge on any atom is -0.336 e. The second-order valence-corrected chi connectivity index (χ2v) is 6.60. The van der Waals surface area contributed by atoms with Crippen molar-refractivity contribution in [2.24, 2.45) is 4.99 Å². The first kappa shape index (κ1) is 14.6. The summed E-state index contributed by atoms with van der Waals surface area (Å²) in [7, 11) is -3.59. The molecule has 1 atom stereocenters. The van der Waals surface area contributed by atoms with Gasteiger partial charge in [0.05, 0.1) is 10.9 Å². The van der Waals surface area contributed by atoms with Crippen molar-refractivity contribution in [3.8, 4) is 0 Å². The van der Waals surface area contributed by atoms with Gasteiger partial charge in [0, 0.05) is 13.1 Å². The van der Waals surface area contributed by atoms with Gasteiger partial charge in [-0.2, -0.15) is 0 Å². The monoisotopic (exact) mass is 293 g/mol. The second kappa shape index (κ2) is 5.66. The van der Waals surface area contributed by atoms with E-state index in [1.165, 1.54) is 0 Å². The smallest absolute Gasteiger partial charge is 0.264 e. The third-order valence-corrected chi connectivity index (χ3v) is 4.38. The molecule has 1 aromatic rings. The Kier molecular flexibility index (Phi) is 4.13. The molecule has 6 heteroatoms. The van der Waals surface area contributed by atoms with Crippen molar-refractivity contribution < 1.29 is 8.42 Å². The van der Waals surface area contributed by atoms with E-state index in [-0.39, 0.29) is 10.9 Å². The third-order valence-electron chi connectivity index (χ3n) is 3.03. The van der Waals surface area contributed by atoms with Crippen LogP contribution in [0.4, 0.5) is 0 Å². The molecule has 2 rings (SSSR count). The number of nitrogens with one attached hydrogen (secondary N) is 1. The van der Waals surface area contributed by atoms with Gasteiger partial charge in [0.1, 0.15) is 0 Å². The molecule has 0 spiro atoms. The molecule has 0 saturated carbocycles. The van der Waals surface area contributed by atoms with E-state index >= 15 is 0 Å². The molecule has 0 amide bonds. The summed E-state index contributed by atoms with van der Waals surface area (Å²) in [5, 5.41) is 0. The van der Waals surface area contributed by atoms with Gasteiger partial charge in [0.15, 0.2) is 0 Å². The van der Waals surface area contributed by atoms with Crippen molar-refractivity contribution in [2.75, 3.05) is 13.1 Å². The number of hydrogen-bond acceptors (Lipinski definition) is 4. The van der Waals surface area contributed by atoms with Gasteiger partial charge in [0.25, 0.3) is 10.0 Å². The summed E-state index contributed by atoms with van der Waals surface area (Å²) in [6, 6.07) is 6.80. The van der Waals surface area contributed by atoms with Crippen molar-refractivity contribution in [2.45, 2.75) is 24.8 Å². The Hall–Kier alpha value is -1.82. The molecule has 108 valence electrons.